The highest BCUT2D eigenvalue weighted by Crippen LogP contribution is 2.31. The van der Waals surface area contributed by atoms with Gasteiger partial charge in [-0.3, -0.25) is 0 Å². The summed E-state index contributed by atoms with van der Waals surface area (Å²) < 4.78 is 71.9. The van der Waals surface area contributed by atoms with Crippen molar-refractivity contribution < 1.29 is 31.1 Å². The number of fused-ring (bicyclic) bond motifs is 1. The van der Waals surface area contributed by atoms with Crippen LogP contribution in [0.1, 0.15) is 29.4 Å². The second-order valence-corrected chi connectivity index (χ2v) is 9.81. The Kier molecular flexibility index (Phi) is 6.95. The first-order chi connectivity index (χ1) is 16.6. The lowest BCUT2D eigenvalue weighted by Gasteiger charge is -2.24. The standard InChI is InChI=1S/C23H23F3N4O4S/c1-2-34-22(31)20-21(28-19-10-4-3-9-18(19)27-20)29-11-6-12-30(14-13-29)35(32,33)17-8-5-7-16(15-17)23(24,25)26/h3-5,7-10,15H,2,6,11-14H2,1H3. The minimum atomic E-state index is -4.65. The number of halogens is 3. The molecule has 4 rings (SSSR count). The Labute approximate surface area is 200 Å². The highest BCUT2D eigenvalue weighted by Gasteiger charge is 2.34. The molecule has 8 nitrogen and oxygen atoms in total. The van der Waals surface area contributed by atoms with Crippen LogP contribution in [0.4, 0.5) is 19.0 Å². The minimum absolute atomic E-state index is 0.00461. The van der Waals surface area contributed by atoms with Crippen LogP contribution in [-0.4, -0.2) is 61.4 Å². The van der Waals surface area contributed by atoms with Crippen molar-refractivity contribution in [3.8, 4) is 0 Å². The summed E-state index contributed by atoms with van der Waals surface area (Å²) in [6, 6.07) is 10.7. The normalized spacial score (nSPS) is 15.7. The van der Waals surface area contributed by atoms with Gasteiger partial charge in [0.05, 0.1) is 28.1 Å². The molecular weight excluding hydrogens is 485 g/mol. The van der Waals surface area contributed by atoms with E-state index >= 15 is 0 Å². The summed E-state index contributed by atoms with van der Waals surface area (Å²) in [5.74, 6) is -0.362. The Morgan fingerprint density at radius 1 is 1.00 bits per heavy atom. The fourth-order valence-electron chi connectivity index (χ4n) is 3.88. The third-order valence-electron chi connectivity index (χ3n) is 5.57. The maximum absolute atomic E-state index is 13.1. The molecule has 0 spiro atoms. The van der Waals surface area contributed by atoms with Gasteiger partial charge in [-0.1, -0.05) is 18.2 Å². The maximum atomic E-state index is 13.1. The van der Waals surface area contributed by atoms with Crippen LogP contribution in [0.3, 0.4) is 0 Å². The molecule has 35 heavy (non-hydrogen) atoms. The molecule has 186 valence electrons. The number of sulfonamides is 1. The summed E-state index contributed by atoms with van der Waals surface area (Å²) in [6.07, 6.45) is -4.28. The Balaban J connectivity index is 1.63. The van der Waals surface area contributed by atoms with Crippen molar-refractivity contribution in [2.75, 3.05) is 37.7 Å². The lowest BCUT2D eigenvalue weighted by atomic mass is 10.2. The molecular formula is C23H23F3N4O4S. The minimum Gasteiger partial charge on any atom is -0.461 e. The van der Waals surface area contributed by atoms with E-state index in [9.17, 15) is 26.4 Å². The first-order valence-corrected chi connectivity index (χ1v) is 12.4. The summed E-state index contributed by atoms with van der Waals surface area (Å²) in [4.78, 5) is 23.0. The zero-order valence-corrected chi connectivity index (χ0v) is 19.6. The molecule has 0 aliphatic carbocycles. The van der Waals surface area contributed by atoms with E-state index in [0.29, 0.717) is 30.1 Å². The molecule has 12 heteroatoms. The van der Waals surface area contributed by atoms with E-state index in [4.69, 9.17) is 4.74 Å². The summed E-state index contributed by atoms with van der Waals surface area (Å²) in [5.41, 5.74) is 0.0800. The number of aromatic nitrogens is 2. The molecule has 0 N–H and O–H groups in total. The van der Waals surface area contributed by atoms with E-state index in [0.717, 1.165) is 22.5 Å². The predicted octanol–water partition coefficient (Wildman–Crippen LogP) is 3.73. The number of alkyl halides is 3. The molecule has 3 aromatic rings. The van der Waals surface area contributed by atoms with Crippen LogP contribution >= 0.6 is 0 Å². The molecule has 0 amide bonds. The summed E-state index contributed by atoms with van der Waals surface area (Å²) in [7, 11) is -4.16. The molecule has 0 atom stereocenters. The lowest BCUT2D eigenvalue weighted by molar-refractivity contribution is -0.137. The van der Waals surface area contributed by atoms with Crippen molar-refractivity contribution in [3.05, 3.63) is 59.8 Å². The first kappa shape index (κ1) is 24.9. The van der Waals surface area contributed by atoms with E-state index in [1.54, 1.807) is 36.1 Å². The number of benzene rings is 2. The SMILES string of the molecule is CCOC(=O)c1nc2ccccc2nc1N1CCCN(S(=O)(=O)c2cccc(C(F)(F)F)c2)CC1. The van der Waals surface area contributed by atoms with E-state index < -0.39 is 32.6 Å². The molecule has 0 unspecified atom stereocenters. The Bertz CT molecular complexity index is 1350. The number of hydrogen-bond acceptors (Lipinski definition) is 7. The van der Waals surface area contributed by atoms with Gasteiger partial charge in [0, 0.05) is 26.2 Å². The molecule has 0 saturated carbocycles. The van der Waals surface area contributed by atoms with E-state index in [-0.39, 0.29) is 37.8 Å². The van der Waals surface area contributed by atoms with Gasteiger partial charge in [0.2, 0.25) is 10.0 Å². The fourth-order valence-corrected chi connectivity index (χ4v) is 5.39. The quantitative estimate of drug-likeness (QED) is 0.485. The van der Waals surface area contributed by atoms with Crippen molar-refractivity contribution in [3.63, 3.8) is 0 Å². The van der Waals surface area contributed by atoms with E-state index in [2.05, 4.69) is 9.97 Å². The van der Waals surface area contributed by atoms with Crippen LogP contribution in [0.25, 0.3) is 11.0 Å². The third kappa shape index (κ3) is 5.22. The van der Waals surface area contributed by atoms with Crippen molar-refractivity contribution in [1.82, 2.24) is 14.3 Å². The van der Waals surface area contributed by atoms with Crippen LogP contribution in [0.5, 0.6) is 0 Å². The van der Waals surface area contributed by atoms with Crippen LogP contribution < -0.4 is 4.90 Å². The van der Waals surface area contributed by atoms with Gasteiger partial charge in [-0.05, 0) is 43.7 Å². The number of ether oxygens (including phenoxy) is 1. The van der Waals surface area contributed by atoms with Crippen LogP contribution in [-0.2, 0) is 20.9 Å². The molecule has 0 radical (unpaired) electrons. The van der Waals surface area contributed by atoms with Gasteiger partial charge in [0.15, 0.2) is 11.5 Å². The molecule has 1 saturated heterocycles. The number of nitrogens with zero attached hydrogens (tertiary/aromatic N) is 4. The monoisotopic (exact) mass is 508 g/mol. The maximum Gasteiger partial charge on any atom is 0.416 e. The molecule has 2 heterocycles. The molecule has 2 aromatic carbocycles. The van der Waals surface area contributed by atoms with Gasteiger partial charge in [-0.2, -0.15) is 17.5 Å². The van der Waals surface area contributed by atoms with Crippen molar-refractivity contribution >= 4 is 32.8 Å². The van der Waals surface area contributed by atoms with Crippen LogP contribution in [0, 0.1) is 0 Å². The number of para-hydroxylation sites is 2. The van der Waals surface area contributed by atoms with Crippen molar-refractivity contribution in [1.29, 1.82) is 0 Å². The number of esters is 1. The number of rotatable bonds is 5. The Morgan fingerprint density at radius 3 is 2.40 bits per heavy atom. The van der Waals surface area contributed by atoms with Gasteiger partial charge in [-0.25, -0.2) is 23.2 Å². The predicted molar refractivity (Wildman–Crippen MR) is 123 cm³/mol. The van der Waals surface area contributed by atoms with E-state index in [1.165, 1.54) is 0 Å². The largest absolute Gasteiger partial charge is 0.461 e. The molecule has 0 bridgehead atoms. The second-order valence-electron chi connectivity index (χ2n) is 7.88. The average molecular weight is 509 g/mol. The van der Waals surface area contributed by atoms with Crippen LogP contribution in [0.2, 0.25) is 0 Å². The van der Waals surface area contributed by atoms with Gasteiger partial charge in [0.25, 0.3) is 0 Å². The van der Waals surface area contributed by atoms with E-state index in [1.807, 2.05) is 0 Å². The zero-order chi connectivity index (χ0) is 25.2. The molecule has 1 aromatic heterocycles. The Hall–Kier alpha value is -3.25. The number of carbonyl (C=O) groups is 1. The zero-order valence-electron chi connectivity index (χ0n) is 18.8. The van der Waals surface area contributed by atoms with Gasteiger partial charge < -0.3 is 9.64 Å². The highest BCUT2D eigenvalue weighted by atomic mass is 32.2. The number of carbonyl (C=O) groups excluding carboxylic acids is 1. The Morgan fingerprint density at radius 2 is 1.71 bits per heavy atom. The lowest BCUT2D eigenvalue weighted by Crippen LogP contribution is -2.36. The first-order valence-electron chi connectivity index (χ1n) is 11.0. The van der Waals surface area contributed by atoms with Gasteiger partial charge in [0.1, 0.15) is 0 Å². The number of hydrogen-bond donors (Lipinski definition) is 0. The summed E-state index contributed by atoms with van der Waals surface area (Å²) in [5, 5.41) is 0. The topological polar surface area (TPSA) is 92.7 Å². The molecule has 1 fully saturated rings. The summed E-state index contributed by atoms with van der Waals surface area (Å²) >= 11 is 0. The fraction of sp³-hybridized carbons (Fsp3) is 0.348. The highest BCUT2D eigenvalue weighted by molar-refractivity contribution is 7.89. The van der Waals surface area contributed by atoms with Crippen LogP contribution in [0.15, 0.2) is 53.4 Å². The van der Waals surface area contributed by atoms with Gasteiger partial charge in [-0.15, -0.1) is 0 Å². The van der Waals surface area contributed by atoms with Crippen molar-refractivity contribution in [2.24, 2.45) is 0 Å². The number of anilines is 1. The molecule has 1 aliphatic rings. The average Bonchev–Trinajstić information content (AvgIpc) is 3.10. The van der Waals surface area contributed by atoms with Crippen molar-refractivity contribution in [2.45, 2.75) is 24.4 Å². The molecule has 1 aliphatic heterocycles. The third-order valence-corrected chi connectivity index (χ3v) is 7.47. The van der Waals surface area contributed by atoms with Gasteiger partial charge >= 0.3 is 12.1 Å². The smallest absolute Gasteiger partial charge is 0.416 e. The second kappa shape index (κ2) is 9.78. The summed E-state index contributed by atoms with van der Waals surface area (Å²) in [6.45, 7) is 2.45.